The zero-order valence-corrected chi connectivity index (χ0v) is 10.2. The quantitative estimate of drug-likeness (QED) is 0.875. The molecule has 0 fully saturated rings. The number of carboxylic acids is 1. The van der Waals surface area contributed by atoms with E-state index in [2.05, 4.69) is 10.3 Å². The molecule has 2 rings (SSSR count). The van der Waals surface area contributed by atoms with E-state index in [0.717, 1.165) is 0 Å². The van der Waals surface area contributed by atoms with E-state index in [-0.39, 0.29) is 12.2 Å². The van der Waals surface area contributed by atoms with E-state index in [9.17, 15) is 9.59 Å². The Bertz CT molecular complexity index is 619. The Hall–Kier alpha value is -2.63. The first-order chi connectivity index (χ1) is 9.08. The average Bonchev–Trinajstić information content (AvgIpc) is 2.77. The van der Waals surface area contributed by atoms with Crippen LogP contribution in [0.15, 0.2) is 35.1 Å². The summed E-state index contributed by atoms with van der Waals surface area (Å²) in [6.45, 7) is 1.65. The van der Waals surface area contributed by atoms with Crippen LogP contribution in [-0.4, -0.2) is 22.0 Å². The SMILES string of the molecule is Cc1ncoc1C(=O)Nc1ccccc1CC(=O)O. The van der Waals surface area contributed by atoms with E-state index in [1.165, 1.54) is 6.39 Å². The molecule has 0 saturated heterocycles. The molecule has 1 aromatic heterocycles. The Kier molecular flexibility index (Phi) is 3.61. The summed E-state index contributed by atoms with van der Waals surface area (Å²) >= 11 is 0. The number of benzene rings is 1. The van der Waals surface area contributed by atoms with Gasteiger partial charge in [-0.15, -0.1) is 0 Å². The highest BCUT2D eigenvalue weighted by atomic mass is 16.4. The molecule has 1 heterocycles. The summed E-state index contributed by atoms with van der Waals surface area (Å²) in [6.07, 6.45) is 1.03. The predicted octanol–water partition coefficient (Wildman–Crippen LogP) is 1.86. The number of anilines is 1. The van der Waals surface area contributed by atoms with E-state index >= 15 is 0 Å². The lowest BCUT2D eigenvalue weighted by molar-refractivity contribution is -0.136. The summed E-state index contributed by atoms with van der Waals surface area (Å²) in [5.41, 5.74) is 1.46. The van der Waals surface area contributed by atoms with Crippen LogP contribution in [0, 0.1) is 6.92 Å². The van der Waals surface area contributed by atoms with E-state index in [1.54, 1.807) is 31.2 Å². The van der Waals surface area contributed by atoms with Gasteiger partial charge in [0, 0.05) is 5.69 Å². The number of rotatable bonds is 4. The van der Waals surface area contributed by atoms with E-state index in [4.69, 9.17) is 9.52 Å². The van der Waals surface area contributed by atoms with Crippen LogP contribution < -0.4 is 5.32 Å². The zero-order chi connectivity index (χ0) is 13.8. The Morgan fingerprint density at radius 3 is 2.74 bits per heavy atom. The number of carbonyl (C=O) groups is 2. The highest BCUT2D eigenvalue weighted by molar-refractivity contribution is 6.03. The molecule has 19 heavy (non-hydrogen) atoms. The Morgan fingerprint density at radius 1 is 1.37 bits per heavy atom. The van der Waals surface area contributed by atoms with Crippen LogP contribution in [0.2, 0.25) is 0 Å². The smallest absolute Gasteiger partial charge is 0.307 e. The molecule has 2 N–H and O–H groups in total. The van der Waals surface area contributed by atoms with Gasteiger partial charge in [-0.1, -0.05) is 18.2 Å². The number of oxazole rings is 1. The van der Waals surface area contributed by atoms with Gasteiger partial charge in [-0.05, 0) is 18.6 Å². The number of hydrogen-bond donors (Lipinski definition) is 2. The average molecular weight is 260 g/mol. The van der Waals surface area contributed by atoms with Crippen LogP contribution in [0.4, 0.5) is 5.69 Å². The van der Waals surface area contributed by atoms with Crippen molar-refractivity contribution in [3.8, 4) is 0 Å². The molecule has 98 valence electrons. The predicted molar refractivity (Wildman–Crippen MR) is 67.0 cm³/mol. The number of carbonyl (C=O) groups excluding carboxylic acids is 1. The fourth-order valence-corrected chi connectivity index (χ4v) is 1.66. The summed E-state index contributed by atoms with van der Waals surface area (Å²) in [7, 11) is 0. The van der Waals surface area contributed by atoms with Crippen molar-refractivity contribution in [3.63, 3.8) is 0 Å². The van der Waals surface area contributed by atoms with Crippen molar-refractivity contribution in [2.75, 3.05) is 5.32 Å². The molecule has 0 radical (unpaired) electrons. The first-order valence-corrected chi connectivity index (χ1v) is 5.59. The number of aromatic nitrogens is 1. The summed E-state index contributed by atoms with van der Waals surface area (Å²) in [6, 6.07) is 6.72. The number of nitrogens with zero attached hydrogens (tertiary/aromatic N) is 1. The normalized spacial score (nSPS) is 10.2. The Balaban J connectivity index is 2.22. The van der Waals surface area contributed by atoms with Crippen molar-refractivity contribution >= 4 is 17.6 Å². The third kappa shape index (κ3) is 2.98. The van der Waals surface area contributed by atoms with Crippen molar-refractivity contribution in [3.05, 3.63) is 47.7 Å². The summed E-state index contributed by atoms with van der Waals surface area (Å²) < 4.78 is 4.98. The molecule has 1 amide bonds. The second-order valence-corrected chi connectivity index (χ2v) is 3.95. The molecule has 0 aliphatic rings. The number of nitrogens with one attached hydrogen (secondary N) is 1. The van der Waals surface area contributed by atoms with Gasteiger partial charge in [0.25, 0.3) is 5.91 Å². The van der Waals surface area contributed by atoms with Gasteiger partial charge in [-0.3, -0.25) is 9.59 Å². The first kappa shape index (κ1) is 12.8. The van der Waals surface area contributed by atoms with Crippen LogP contribution in [0.25, 0.3) is 0 Å². The fraction of sp³-hybridized carbons (Fsp3) is 0.154. The van der Waals surface area contributed by atoms with E-state index in [1.807, 2.05) is 0 Å². The monoisotopic (exact) mass is 260 g/mol. The molecule has 1 aromatic carbocycles. The van der Waals surface area contributed by atoms with E-state index in [0.29, 0.717) is 16.9 Å². The maximum absolute atomic E-state index is 11.9. The second-order valence-electron chi connectivity index (χ2n) is 3.95. The molecule has 2 aromatic rings. The van der Waals surface area contributed by atoms with Gasteiger partial charge >= 0.3 is 5.97 Å². The maximum atomic E-state index is 11.9. The van der Waals surface area contributed by atoms with Gasteiger partial charge in [0.15, 0.2) is 6.39 Å². The molecule has 6 nitrogen and oxygen atoms in total. The van der Waals surface area contributed by atoms with Gasteiger partial charge in [-0.25, -0.2) is 4.98 Å². The molecule has 0 atom stereocenters. The molecule has 0 unspecified atom stereocenters. The number of para-hydroxylation sites is 1. The number of amides is 1. The molecular formula is C13H12N2O4. The lowest BCUT2D eigenvalue weighted by Gasteiger charge is -2.08. The van der Waals surface area contributed by atoms with Crippen LogP contribution in [0.5, 0.6) is 0 Å². The topological polar surface area (TPSA) is 92.4 Å². The fourth-order valence-electron chi connectivity index (χ4n) is 1.66. The van der Waals surface area contributed by atoms with Crippen LogP contribution in [-0.2, 0) is 11.2 Å². The zero-order valence-electron chi connectivity index (χ0n) is 10.2. The minimum atomic E-state index is -0.961. The number of aryl methyl sites for hydroxylation is 1. The van der Waals surface area contributed by atoms with Crippen LogP contribution in [0.1, 0.15) is 21.8 Å². The summed E-state index contributed by atoms with van der Waals surface area (Å²) in [4.78, 5) is 26.5. The third-order valence-corrected chi connectivity index (χ3v) is 2.56. The second kappa shape index (κ2) is 5.34. The van der Waals surface area contributed by atoms with E-state index < -0.39 is 11.9 Å². The summed E-state index contributed by atoms with van der Waals surface area (Å²) in [5.74, 6) is -1.30. The van der Waals surface area contributed by atoms with Crippen molar-refractivity contribution in [1.29, 1.82) is 0 Å². The lowest BCUT2D eigenvalue weighted by Crippen LogP contribution is -2.14. The van der Waals surface area contributed by atoms with Gasteiger partial charge < -0.3 is 14.8 Å². The van der Waals surface area contributed by atoms with Gasteiger partial charge in [-0.2, -0.15) is 0 Å². The molecule has 0 bridgehead atoms. The van der Waals surface area contributed by atoms with Crippen LogP contribution >= 0.6 is 0 Å². The Labute approximate surface area is 109 Å². The summed E-state index contributed by atoms with van der Waals surface area (Å²) in [5, 5.41) is 11.4. The van der Waals surface area contributed by atoms with Crippen molar-refractivity contribution in [1.82, 2.24) is 4.98 Å². The van der Waals surface area contributed by atoms with Crippen molar-refractivity contribution in [2.24, 2.45) is 0 Å². The number of aliphatic carboxylic acids is 1. The largest absolute Gasteiger partial charge is 0.481 e. The highest BCUT2D eigenvalue weighted by Gasteiger charge is 2.16. The molecule has 6 heteroatoms. The molecular weight excluding hydrogens is 248 g/mol. The molecule has 0 aliphatic heterocycles. The molecule has 0 spiro atoms. The third-order valence-electron chi connectivity index (χ3n) is 2.56. The van der Waals surface area contributed by atoms with Gasteiger partial charge in [0.1, 0.15) is 0 Å². The van der Waals surface area contributed by atoms with Crippen molar-refractivity contribution in [2.45, 2.75) is 13.3 Å². The standard InChI is InChI=1S/C13H12N2O4/c1-8-12(19-7-14-8)13(18)15-10-5-3-2-4-9(10)6-11(16)17/h2-5,7H,6H2,1H3,(H,15,18)(H,16,17). The van der Waals surface area contributed by atoms with Gasteiger partial charge in [0.2, 0.25) is 5.76 Å². The van der Waals surface area contributed by atoms with Crippen molar-refractivity contribution < 1.29 is 19.1 Å². The highest BCUT2D eigenvalue weighted by Crippen LogP contribution is 2.17. The maximum Gasteiger partial charge on any atom is 0.307 e. The molecule has 0 aliphatic carbocycles. The van der Waals surface area contributed by atoms with Crippen LogP contribution in [0.3, 0.4) is 0 Å². The first-order valence-electron chi connectivity index (χ1n) is 5.59. The number of hydrogen-bond acceptors (Lipinski definition) is 4. The van der Waals surface area contributed by atoms with Gasteiger partial charge in [0.05, 0.1) is 12.1 Å². The minimum Gasteiger partial charge on any atom is -0.481 e. The molecule has 0 saturated carbocycles. The number of carboxylic acid groups (broad SMARTS) is 1. The Morgan fingerprint density at radius 2 is 2.11 bits per heavy atom. The minimum absolute atomic E-state index is 0.116. The lowest BCUT2D eigenvalue weighted by atomic mass is 10.1.